The quantitative estimate of drug-likeness (QED) is 0.638. The summed E-state index contributed by atoms with van der Waals surface area (Å²) in [6, 6.07) is 10.8. The summed E-state index contributed by atoms with van der Waals surface area (Å²) in [7, 11) is -3.63. The molecule has 2 saturated heterocycles. The molecule has 0 aliphatic carbocycles. The van der Waals surface area contributed by atoms with Crippen LogP contribution in [0.15, 0.2) is 41.3 Å². The van der Waals surface area contributed by atoms with Gasteiger partial charge in [0.15, 0.2) is 11.5 Å². The molecule has 0 aromatic heterocycles. The van der Waals surface area contributed by atoms with E-state index in [1.807, 2.05) is 19.1 Å². The highest BCUT2D eigenvalue weighted by Crippen LogP contribution is 2.36. The number of fused-ring (bicyclic) bond motifs is 1. The summed E-state index contributed by atoms with van der Waals surface area (Å²) in [5.74, 6) is 0.557. The van der Waals surface area contributed by atoms with Crippen molar-refractivity contribution in [3.63, 3.8) is 0 Å². The minimum atomic E-state index is -3.63. The summed E-state index contributed by atoms with van der Waals surface area (Å²) in [4.78, 5) is 29.6. The average molecular weight is 500 g/mol. The Morgan fingerprint density at radius 1 is 0.943 bits per heavy atom. The fourth-order valence-corrected chi connectivity index (χ4v) is 6.59. The molecule has 1 unspecified atom stereocenters. The maximum Gasteiger partial charge on any atom is 0.243 e. The van der Waals surface area contributed by atoms with Gasteiger partial charge < -0.3 is 19.3 Å². The Balaban J connectivity index is 1.23. The molecule has 3 aliphatic heterocycles. The van der Waals surface area contributed by atoms with E-state index in [-0.39, 0.29) is 37.9 Å². The first-order valence-corrected chi connectivity index (χ1v) is 13.2. The highest BCUT2D eigenvalue weighted by Gasteiger charge is 2.39. The van der Waals surface area contributed by atoms with Gasteiger partial charge in [0.1, 0.15) is 13.2 Å². The molecule has 2 aromatic carbocycles. The van der Waals surface area contributed by atoms with Crippen molar-refractivity contribution in [3.8, 4) is 11.5 Å². The molecule has 0 radical (unpaired) electrons. The van der Waals surface area contributed by atoms with E-state index in [1.54, 1.807) is 41.0 Å². The van der Waals surface area contributed by atoms with Gasteiger partial charge in [0.25, 0.3) is 0 Å². The molecule has 3 heterocycles. The van der Waals surface area contributed by atoms with Crippen molar-refractivity contribution in [2.75, 3.05) is 50.8 Å². The zero-order valence-corrected chi connectivity index (χ0v) is 20.7. The van der Waals surface area contributed by atoms with Gasteiger partial charge in [-0.25, -0.2) is 8.42 Å². The Bertz CT molecular complexity index is 1270. The van der Waals surface area contributed by atoms with Crippen LogP contribution in [-0.4, -0.2) is 75.4 Å². The number of piperazine rings is 1. The predicted octanol–water partition coefficient (Wildman–Crippen LogP) is 1.96. The Kier molecular flexibility index (Phi) is 6.18. The van der Waals surface area contributed by atoms with Crippen LogP contribution in [0.2, 0.25) is 0 Å². The van der Waals surface area contributed by atoms with Crippen LogP contribution < -0.4 is 14.4 Å². The lowest BCUT2D eigenvalue weighted by molar-refractivity contribution is -0.136. The van der Waals surface area contributed by atoms with Gasteiger partial charge >= 0.3 is 0 Å². The summed E-state index contributed by atoms with van der Waals surface area (Å²) >= 11 is 0. The van der Waals surface area contributed by atoms with Crippen LogP contribution in [0, 0.1) is 19.8 Å². The number of hydrogen-bond acceptors (Lipinski definition) is 6. The molecule has 186 valence electrons. The molecule has 0 N–H and O–H groups in total. The summed E-state index contributed by atoms with van der Waals surface area (Å²) < 4.78 is 39.0. The lowest BCUT2D eigenvalue weighted by Gasteiger charge is -2.35. The van der Waals surface area contributed by atoms with Crippen LogP contribution in [0.1, 0.15) is 17.5 Å². The number of carbonyl (C=O) groups excluding carboxylic acids is 2. The standard InChI is InChI=1S/C25H29N3O6S/c1-17-3-4-18(2)23(13-17)35(31,32)27-9-7-26(8-10-27)25(30)19-14-24(29)28(16-19)20-5-6-21-22(15-20)34-12-11-33-21/h3-6,13,15,19H,7-12,14,16H2,1-2H3. The van der Waals surface area contributed by atoms with E-state index in [1.165, 1.54) is 4.31 Å². The van der Waals surface area contributed by atoms with Crippen molar-refractivity contribution in [3.05, 3.63) is 47.5 Å². The number of nitrogens with zero attached hydrogens (tertiary/aromatic N) is 3. The monoisotopic (exact) mass is 499 g/mol. The number of carbonyl (C=O) groups is 2. The molecule has 2 amide bonds. The lowest BCUT2D eigenvalue weighted by Crippen LogP contribution is -2.52. The molecule has 3 aliphatic rings. The molecule has 2 aromatic rings. The van der Waals surface area contributed by atoms with Gasteiger partial charge in [-0.3, -0.25) is 9.59 Å². The number of anilines is 1. The zero-order valence-electron chi connectivity index (χ0n) is 19.9. The average Bonchev–Trinajstić information content (AvgIpc) is 3.26. The van der Waals surface area contributed by atoms with Crippen molar-refractivity contribution in [2.24, 2.45) is 5.92 Å². The van der Waals surface area contributed by atoms with Gasteiger partial charge in [0.2, 0.25) is 21.8 Å². The highest BCUT2D eigenvalue weighted by molar-refractivity contribution is 7.89. The minimum absolute atomic E-state index is 0.109. The molecular formula is C25H29N3O6S. The van der Waals surface area contributed by atoms with Crippen molar-refractivity contribution in [1.82, 2.24) is 9.21 Å². The summed E-state index contributed by atoms with van der Waals surface area (Å²) in [5, 5.41) is 0. The highest BCUT2D eigenvalue weighted by atomic mass is 32.2. The number of rotatable bonds is 4. The fraction of sp³-hybridized carbons (Fsp3) is 0.440. The number of sulfonamides is 1. The zero-order chi connectivity index (χ0) is 24.7. The van der Waals surface area contributed by atoms with E-state index < -0.39 is 15.9 Å². The van der Waals surface area contributed by atoms with Crippen LogP contribution in [0.25, 0.3) is 0 Å². The van der Waals surface area contributed by atoms with Crippen LogP contribution in [0.4, 0.5) is 5.69 Å². The van der Waals surface area contributed by atoms with E-state index in [4.69, 9.17) is 9.47 Å². The van der Waals surface area contributed by atoms with Crippen LogP contribution in [-0.2, 0) is 19.6 Å². The first-order chi connectivity index (χ1) is 16.7. The van der Waals surface area contributed by atoms with E-state index in [2.05, 4.69) is 0 Å². The van der Waals surface area contributed by atoms with E-state index in [9.17, 15) is 18.0 Å². The summed E-state index contributed by atoms with van der Waals surface area (Å²) in [6.45, 7) is 5.96. The van der Waals surface area contributed by atoms with Crippen molar-refractivity contribution >= 4 is 27.5 Å². The van der Waals surface area contributed by atoms with Crippen molar-refractivity contribution in [2.45, 2.75) is 25.2 Å². The fourth-order valence-electron chi connectivity index (χ4n) is 4.85. The van der Waals surface area contributed by atoms with Crippen molar-refractivity contribution < 1.29 is 27.5 Å². The Morgan fingerprint density at radius 3 is 2.40 bits per heavy atom. The third-order valence-corrected chi connectivity index (χ3v) is 8.86. The van der Waals surface area contributed by atoms with Gasteiger partial charge in [0, 0.05) is 50.9 Å². The first kappa shape index (κ1) is 23.6. The van der Waals surface area contributed by atoms with Crippen molar-refractivity contribution in [1.29, 1.82) is 0 Å². The van der Waals surface area contributed by atoms with Crippen LogP contribution in [0.5, 0.6) is 11.5 Å². The van der Waals surface area contributed by atoms with Gasteiger partial charge in [-0.1, -0.05) is 12.1 Å². The van der Waals surface area contributed by atoms with Gasteiger partial charge in [-0.15, -0.1) is 0 Å². The maximum absolute atomic E-state index is 13.2. The molecule has 2 fully saturated rings. The van der Waals surface area contributed by atoms with E-state index in [0.29, 0.717) is 53.9 Å². The minimum Gasteiger partial charge on any atom is -0.486 e. The predicted molar refractivity (Wildman–Crippen MR) is 129 cm³/mol. The summed E-state index contributed by atoms with van der Waals surface area (Å²) in [5.41, 5.74) is 2.27. The number of aryl methyl sites for hydroxylation is 2. The summed E-state index contributed by atoms with van der Waals surface area (Å²) in [6.07, 6.45) is 0.133. The van der Waals surface area contributed by atoms with Crippen LogP contribution in [0.3, 0.4) is 0 Å². The molecule has 35 heavy (non-hydrogen) atoms. The smallest absolute Gasteiger partial charge is 0.243 e. The third-order valence-electron chi connectivity index (χ3n) is 6.82. The Morgan fingerprint density at radius 2 is 1.66 bits per heavy atom. The van der Waals surface area contributed by atoms with E-state index in [0.717, 1.165) is 5.56 Å². The number of ether oxygens (including phenoxy) is 2. The second kappa shape index (κ2) is 9.16. The largest absolute Gasteiger partial charge is 0.486 e. The van der Waals surface area contributed by atoms with Gasteiger partial charge in [-0.2, -0.15) is 4.31 Å². The third kappa shape index (κ3) is 4.48. The molecular weight excluding hydrogens is 470 g/mol. The molecule has 10 heteroatoms. The maximum atomic E-state index is 13.2. The second-order valence-electron chi connectivity index (χ2n) is 9.23. The normalized spacial score (nSPS) is 20.9. The van der Waals surface area contributed by atoms with E-state index >= 15 is 0 Å². The number of amides is 2. The van der Waals surface area contributed by atoms with Crippen LogP contribution >= 0.6 is 0 Å². The topological polar surface area (TPSA) is 96.5 Å². The molecule has 1 atom stereocenters. The molecule has 5 rings (SSSR count). The second-order valence-corrected chi connectivity index (χ2v) is 11.1. The first-order valence-electron chi connectivity index (χ1n) is 11.8. The molecule has 0 bridgehead atoms. The Hall–Kier alpha value is -3.11. The lowest BCUT2D eigenvalue weighted by atomic mass is 10.1. The molecule has 0 saturated carbocycles. The molecule has 0 spiro atoms. The number of hydrogen-bond donors (Lipinski definition) is 0. The SMILES string of the molecule is Cc1ccc(C)c(S(=O)(=O)N2CCN(C(=O)C3CC(=O)N(c4ccc5c(c4)OCCO5)C3)CC2)c1. The van der Waals surface area contributed by atoms with Gasteiger partial charge in [0.05, 0.1) is 10.8 Å². The molecule has 9 nitrogen and oxygen atoms in total. The van der Waals surface area contributed by atoms with Gasteiger partial charge in [-0.05, 0) is 43.2 Å². The Labute approximate surface area is 205 Å². The number of benzene rings is 2.